The number of hydrogen-bond donors (Lipinski definition) is 2. The van der Waals surface area contributed by atoms with Gasteiger partial charge in [-0.05, 0) is 39.5 Å². The molecular formula is C12H16BrNO3. The molecule has 0 saturated carbocycles. The average Bonchev–Trinajstić information content (AvgIpc) is 2.28. The first-order valence-corrected chi connectivity index (χ1v) is 6.12. The van der Waals surface area contributed by atoms with E-state index in [-0.39, 0.29) is 6.42 Å². The molecule has 4 nitrogen and oxygen atoms in total. The van der Waals surface area contributed by atoms with Gasteiger partial charge in [-0.3, -0.25) is 4.79 Å². The fourth-order valence-electron chi connectivity index (χ4n) is 1.62. The van der Waals surface area contributed by atoms with E-state index in [0.29, 0.717) is 5.75 Å². The van der Waals surface area contributed by atoms with Crippen LogP contribution in [0.5, 0.6) is 5.75 Å². The van der Waals surface area contributed by atoms with E-state index in [1.54, 1.807) is 7.11 Å². The molecule has 1 aromatic carbocycles. The number of aliphatic carboxylic acids is 1. The van der Waals surface area contributed by atoms with Gasteiger partial charge < -0.3 is 15.6 Å². The summed E-state index contributed by atoms with van der Waals surface area (Å²) in [5, 5.41) is 8.83. The first kappa shape index (κ1) is 14.0. The molecule has 0 aromatic heterocycles. The van der Waals surface area contributed by atoms with Crippen LogP contribution in [-0.4, -0.2) is 24.2 Å². The summed E-state index contributed by atoms with van der Waals surface area (Å²) in [5.74, 6) is -0.357. The van der Waals surface area contributed by atoms with Gasteiger partial charge in [0.1, 0.15) is 11.8 Å². The molecule has 5 heteroatoms. The van der Waals surface area contributed by atoms with Gasteiger partial charge in [0, 0.05) is 6.42 Å². The van der Waals surface area contributed by atoms with Crippen molar-refractivity contribution in [1.82, 2.24) is 0 Å². The second-order valence-electron chi connectivity index (χ2n) is 3.77. The van der Waals surface area contributed by atoms with Crippen molar-refractivity contribution in [2.24, 2.45) is 5.73 Å². The smallest absolute Gasteiger partial charge is 0.320 e. The molecule has 0 heterocycles. The van der Waals surface area contributed by atoms with E-state index in [1.165, 1.54) is 0 Å². The Morgan fingerprint density at radius 3 is 2.71 bits per heavy atom. The molecule has 0 aliphatic heterocycles. The summed E-state index contributed by atoms with van der Waals surface area (Å²) in [6.07, 6.45) is 1.13. The first-order valence-electron chi connectivity index (χ1n) is 5.33. The number of methoxy groups -OCH3 is 1. The molecule has 0 aliphatic carbocycles. The molecule has 1 aromatic rings. The summed E-state index contributed by atoms with van der Waals surface area (Å²) < 4.78 is 6.09. The minimum atomic E-state index is -1.01. The Balaban J connectivity index is 3.11. The largest absolute Gasteiger partial charge is 0.495 e. The number of carboxylic acids is 1. The van der Waals surface area contributed by atoms with Gasteiger partial charge in [0.25, 0.3) is 0 Å². The lowest BCUT2D eigenvalue weighted by molar-refractivity contribution is -0.138. The van der Waals surface area contributed by atoms with Gasteiger partial charge >= 0.3 is 5.97 Å². The van der Waals surface area contributed by atoms with Crippen LogP contribution in [-0.2, 0) is 17.6 Å². The van der Waals surface area contributed by atoms with Crippen molar-refractivity contribution in [1.29, 1.82) is 0 Å². The predicted molar refractivity (Wildman–Crippen MR) is 69.4 cm³/mol. The second-order valence-corrected chi connectivity index (χ2v) is 4.63. The van der Waals surface area contributed by atoms with Crippen molar-refractivity contribution in [2.45, 2.75) is 25.8 Å². The van der Waals surface area contributed by atoms with Crippen molar-refractivity contribution in [2.75, 3.05) is 7.11 Å². The summed E-state index contributed by atoms with van der Waals surface area (Å²) in [6, 6.07) is 2.99. The Kier molecular flexibility index (Phi) is 4.96. The summed E-state index contributed by atoms with van der Waals surface area (Å²) in [5.41, 5.74) is 7.47. The summed E-state index contributed by atoms with van der Waals surface area (Å²) in [6.45, 7) is 2.04. The quantitative estimate of drug-likeness (QED) is 0.872. The second kappa shape index (κ2) is 6.02. The Morgan fingerprint density at radius 1 is 1.59 bits per heavy atom. The number of hydrogen-bond acceptors (Lipinski definition) is 3. The lowest BCUT2D eigenvalue weighted by atomic mass is 10.0. The van der Waals surface area contributed by atoms with Crippen molar-refractivity contribution in [3.05, 3.63) is 27.7 Å². The van der Waals surface area contributed by atoms with Crippen LogP contribution in [0.25, 0.3) is 0 Å². The fourth-order valence-corrected chi connectivity index (χ4v) is 2.33. The normalized spacial score (nSPS) is 12.2. The molecule has 0 fully saturated rings. The number of aryl methyl sites for hydroxylation is 1. The van der Waals surface area contributed by atoms with E-state index in [2.05, 4.69) is 15.9 Å². The standard InChI is InChI=1S/C12H16BrNO3/c1-3-7-4-8(6-10(14)12(15)16)11(17-2)9(13)5-7/h4-5,10H,3,6,14H2,1-2H3,(H,15,16). The molecule has 17 heavy (non-hydrogen) atoms. The minimum absolute atomic E-state index is 0.255. The summed E-state index contributed by atoms with van der Waals surface area (Å²) in [4.78, 5) is 10.8. The van der Waals surface area contributed by atoms with Crippen molar-refractivity contribution in [3.8, 4) is 5.75 Å². The van der Waals surface area contributed by atoms with Crippen LogP contribution < -0.4 is 10.5 Å². The maximum absolute atomic E-state index is 10.8. The van der Waals surface area contributed by atoms with Crippen LogP contribution in [0, 0.1) is 0 Å². The Morgan fingerprint density at radius 2 is 2.24 bits per heavy atom. The number of nitrogens with two attached hydrogens (primary N) is 1. The van der Waals surface area contributed by atoms with Crippen LogP contribution in [0.3, 0.4) is 0 Å². The maximum Gasteiger partial charge on any atom is 0.320 e. The van der Waals surface area contributed by atoms with E-state index >= 15 is 0 Å². The van der Waals surface area contributed by atoms with E-state index in [1.807, 2.05) is 19.1 Å². The van der Waals surface area contributed by atoms with E-state index in [0.717, 1.165) is 22.0 Å². The molecule has 1 unspecified atom stereocenters. The lowest BCUT2D eigenvalue weighted by Gasteiger charge is -2.14. The van der Waals surface area contributed by atoms with E-state index in [9.17, 15) is 4.79 Å². The number of carboxylic acid groups (broad SMARTS) is 1. The van der Waals surface area contributed by atoms with Crippen LogP contribution in [0.4, 0.5) is 0 Å². The topological polar surface area (TPSA) is 72.5 Å². The van der Waals surface area contributed by atoms with Gasteiger partial charge in [-0.25, -0.2) is 0 Å². The summed E-state index contributed by atoms with van der Waals surface area (Å²) >= 11 is 3.41. The number of ether oxygens (including phenoxy) is 1. The van der Waals surface area contributed by atoms with E-state index < -0.39 is 12.0 Å². The van der Waals surface area contributed by atoms with Gasteiger partial charge in [0.15, 0.2) is 0 Å². The molecule has 94 valence electrons. The van der Waals surface area contributed by atoms with Gasteiger partial charge in [-0.2, -0.15) is 0 Å². The van der Waals surface area contributed by atoms with Crippen LogP contribution in [0.2, 0.25) is 0 Å². The number of halogens is 1. The van der Waals surface area contributed by atoms with Crippen molar-refractivity contribution in [3.63, 3.8) is 0 Å². The third-order valence-corrected chi connectivity index (χ3v) is 3.14. The molecule has 0 bridgehead atoms. The monoisotopic (exact) mass is 301 g/mol. The van der Waals surface area contributed by atoms with Gasteiger partial charge in [-0.15, -0.1) is 0 Å². The van der Waals surface area contributed by atoms with Crippen LogP contribution in [0.15, 0.2) is 16.6 Å². The maximum atomic E-state index is 10.8. The van der Waals surface area contributed by atoms with Gasteiger partial charge in [0.2, 0.25) is 0 Å². The van der Waals surface area contributed by atoms with Crippen molar-refractivity contribution >= 4 is 21.9 Å². The molecule has 0 amide bonds. The first-order chi connectivity index (χ1) is 7.99. The fraction of sp³-hybridized carbons (Fsp3) is 0.417. The molecule has 1 rings (SSSR count). The van der Waals surface area contributed by atoms with Gasteiger partial charge in [0.05, 0.1) is 11.6 Å². The number of benzene rings is 1. The van der Waals surface area contributed by atoms with Gasteiger partial charge in [-0.1, -0.05) is 13.0 Å². The summed E-state index contributed by atoms with van der Waals surface area (Å²) in [7, 11) is 1.56. The number of carbonyl (C=O) groups is 1. The Labute approximate surface area is 109 Å². The Hall–Kier alpha value is -1.07. The SMILES string of the molecule is CCc1cc(Br)c(OC)c(CC(N)C(=O)O)c1. The highest BCUT2D eigenvalue weighted by Gasteiger charge is 2.17. The highest BCUT2D eigenvalue weighted by Crippen LogP contribution is 2.31. The molecule has 1 atom stereocenters. The molecular weight excluding hydrogens is 286 g/mol. The van der Waals surface area contributed by atoms with Crippen molar-refractivity contribution < 1.29 is 14.6 Å². The zero-order valence-corrected chi connectivity index (χ0v) is 11.5. The molecule has 3 N–H and O–H groups in total. The minimum Gasteiger partial charge on any atom is -0.495 e. The highest BCUT2D eigenvalue weighted by atomic mass is 79.9. The zero-order chi connectivity index (χ0) is 13.0. The third kappa shape index (κ3) is 3.44. The molecule has 0 saturated heterocycles. The lowest BCUT2D eigenvalue weighted by Crippen LogP contribution is -2.32. The third-order valence-electron chi connectivity index (χ3n) is 2.55. The number of rotatable bonds is 5. The average molecular weight is 302 g/mol. The van der Waals surface area contributed by atoms with E-state index in [4.69, 9.17) is 15.6 Å². The Bertz CT molecular complexity index is 420. The van der Waals surface area contributed by atoms with Crippen LogP contribution in [0.1, 0.15) is 18.1 Å². The van der Waals surface area contributed by atoms with Crippen LogP contribution >= 0.6 is 15.9 Å². The molecule has 0 spiro atoms. The zero-order valence-electron chi connectivity index (χ0n) is 9.87. The highest BCUT2D eigenvalue weighted by molar-refractivity contribution is 9.10. The molecule has 0 radical (unpaired) electrons. The molecule has 0 aliphatic rings. The predicted octanol–water partition coefficient (Wildman–Crippen LogP) is 1.97.